The second-order valence-electron chi connectivity index (χ2n) is 6.51. The molecule has 3 rings (SSSR count). The lowest BCUT2D eigenvalue weighted by Crippen LogP contribution is -2.52. The van der Waals surface area contributed by atoms with Crippen molar-refractivity contribution in [2.75, 3.05) is 26.2 Å². The summed E-state index contributed by atoms with van der Waals surface area (Å²) in [5, 5.41) is -0.0380. The lowest BCUT2D eigenvalue weighted by atomic mass is 9.88. The summed E-state index contributed by atoms with van der Waals surface area (Å²) in [6.45, 7) is 1.41. The number of aromatic nitrogens is 1. The Morgan fingerprint density at radius 2 is 1.80 bits per heavy atom. The molecule has 138 valence electrons. The van der Waals surface area contributed by atoms with Crippen LogP contribution in [0.25, 0.3) is 0 Å². The van der Waals surface area contributed by atoms with E-state index in [1.807, 2.05) is 4.90 Å². The second kappa shape index (κ2) is 7.90. The zero-order valence-corrected chi connectivity index (χ0v) is 17.0. The Hall–Kier alpha value is -0.700. The number of hydrogen-bond donors (Lipinski definition) is 0. The third-order valence-electron chi connectivity index (χ3n) is 4.90. The van der Waals surface area contributed by atoms with Crippen molar-refractivity contribution in [3.05, 3.63) is 21.9 Å². The smallest absolute Gasteiger partial charge is 0.246 e. The maximum absolute atomic E-state index is 12.8. The lowest BCUT2D eigenvalue weighted by Gasteiger charge is -2.36. The summed E-state index contributed by atoms with van der Waals surface area (Å²) in [5.41, 5.74) is 0. The normalized spacial score (nSPS) is 20.6. The highest BCUT2D eigenvalue weighted by Crippen LogP contribution is 2.28. The van der Waals surface area contributed by atoms with E-state index in [0.29, 0.717) is 17.6 Å². The number of amides is 1. The van der Waals surface area contributed by atoms with E-state index in [-0.39, 0.29) is 35.0 Å². The highest BCUT2D eigenvalue weighted by Gasteiger charge is 2.34. The molecule has 1 amide bonds. The van der Waals surface area contributed by atoms with Crippen LogP contribution in [-0.2, 0) is 14.8 Å². The van der Waals surface area contributed by atoms with E-state index < -0.39 is 10.0 Å². The maximum atomic E-state index is 12.8. The molecular formula is C16H21BrClN3O3S. The third kappa shape index (κ3) is 4.18. The molecule has 25 heavy (non-hydrogen) atoms. The molecule has 2 heterocycles. The minimum absolute atomic E-state index is 0.00408. The molecule has 2 aliphatic rings. The van der Waals surface area contributed by atoms with E-state index in [4.69, 9.17) is 11.6 Å². The van der Waals surface area contributed by atoms with Gasteiger partial charge in [0.05, 0.1) is 0 Å². The van der Waals surface area contributed by atoms with Crippen LogP contribution >= 0.6 is 27.5 Å². The van der Waals surface area contributed by atoms with E-state index in [2.05, 4.69) is 20.9 Å². The van der Waals surface area contributed by atoms with Crippen molar-refractivity contribution >= 4 is 43.5 Å². The van der Waals surface area contributed by atoms with Gasteiger partial charge in [0.25, 0.3) is 0 Å². The first-order valence-electron chi connectivity index (χ1n) is 8.49. The summed E-state index contributed by atoms with van der Waals surface area (Å²) >= 11 is 9.21. The average Bonchev–Trinajstić information content (AvgIpc) is 2.64. The predicted molar refractivity (Wildman–Crippen MR) is 98.9 cm³/mol. The fourth-order valence-electron chi connectivity index (χ4n) is 3.48. The van der Waals surface area contributed by atoms with Gasteiger partial charge in [-0.25, -0.2) is 13.4 Å². The molecule has 0 atom stereocenters. The monoisotopic (exact) mass is 449 g/mol. The van der Waals surface area contributed by atoms with Gasteiger partial charge in [0.1, 0.15) is 10.0 Å². The van der Waals surface area contributed by atoms with Crippen molar-refractivity contribution in [3.63, 3.8) is 0 Å². The topological polar surface area (TPSA) is 70.6 Å². The lowest BCUT2D eigenvalue weighted by molar-refractivity contribution is -0.137. The number of nitrogens with zero attached hydrogens (tertiary/aromatic N) is 3. The van der Waals surface area contributed by atoms with Gasteiger partial charge < -0.3 is 4.90 Å². The van der Waals surface area contributed by atoms with Gasteiger partial charge >= 0.3 is 0 Å². The SMILES string of the molecule is O=C(C1CCCCC1)N1CCN(S(=O)(=O)c2cc(Br)cnc2Cl)CC1. The Labute approximate surface area is 161 Å². The number of halogens is 2. The number of piperazine rings is 1. The Morgan fingerprint density at radius 1 is 1.16 bits per heavy atom. The highest BCUT2D eigenvalue weighted by molar-refractivity contribution is 9.10. The molecule has 1 saturated heterocycles. The molecule has 0 spiro atoms. The zero-order chi connectivity index (χ0) is 18.0. The first kappa shape index (κ1) is 19.1. The molecule has 0 aromatic carbocycles. The molecule has 1 aromatic rings. The van der Waals surface area contributed by atoms with E-state index in [1.54, 1.807) is 0 Å². The molecule has 1 aromatic heterocycles. The van der Waals surface area contributed by atoms with Gasteiger partial charge in [-0.3, -0.25) is 4.79 Å². The molecule has 0 N–H and O–H groups in total. The van der Waals surface area contributed by atoms with Gasteiger partial charge in [-0.2, -0.15) is 4.31 Å². The number of carbonyl (C=O) groups excluding carboxylic acids is 1. The Balaban J connectivity index is 1.67. The number of sulfonamides is 1. The molecule has 1 aliphatic carbocycles. The number of pyridine rings is 1. The van der Waals surface area contributed by atoms with Crippen molar-refractivity contribution < 1.29 is 13.2 Å². The van der Waals surface area contributed by atoms with Crippen LogP contribution < -0.4 is 0 Å². The molecule has 1 aliphatic heterocycles. The van der Waals surface area contributed by atoms with Crippen LogP contribution in [0, 0.1) is 5.92 Å². The minimum Gasteiger partial charge on any atom is -0.340 e. The molecule has 0 bridgehead atoms. The van der Waals surface area contributed by atoms with Gasteiger partial charge in [0, 0.05) is 42.8 Å². The molecule has 1 saturated carbocycles. The molecule has 9 heteroatoms. The van der Waals surface area contributed by atoms with Crippen LogP contribution in [0.5, 0.6) is 0 Å². The Kier molecular flexibility index (Phi) is 6.03. The van der Waals surface area contributed by atoms with Gasteiger partial charge in [-0.1, -0.05) is 30.9 Å². The summed E-state index contributed by atoms with van der Waals surface area (Å²) in [6.07, 6.45) is 6.80. The second-order valence-corrected chi connectivity index (χ2v) is 9.69. The van der Waals surface area contributed by atoms with Crippen LogP contribution in [0.2, 0.25) is 5.15 Å². The van der Waals surface area contributed by atoms with Crippen LogP contribution in [0.3, 0.4) is 0 Å². The van der Waals surface area contributed by atoms with Crippen LogP contribution in [0.1, 0.15) is 32.1 Å². The number of carbonyl (C=O) groups is 1. The van der Waals surface area contributed by atoms with Crippen LogP contribution in [0.4, 0.5) is 0 Å². The van der Waals surface area contributed by atoms with E-state index in [1.165, 1.54) is 23.0 Å². The van der Waals surface area contributed by atoms with Crippen molar-refractivity contribution in [2.45, 2.75) is 37.0 Å². The van der Waals surface area contributed by atoms with Crippen molar-refractivity contribution in [1.29, 1.82) is 0 Å². The predicted octanol–water partition coefficient (Wildman–Crippen LogP) is 2.91. The quantitative estimate of drug-likeness (QED) is 0.664. The standard InChI is InChI=1S/C16H21BrClN3O3S/c17-13-10-14(15(18)19-11-13)25(23,24)21-8-6-20(7-9-21)16(22)12-4-2-1-3-5-12/h10-12H,1-9H2. The first-order valence-corrected chi connectivity index (χ1v) is 11.1. The summed E-state index contributed by atoms with van der Waals surface area (Å²) in [7, 11) is -3.72. The zero-order valence-electron chi connectivity index (χ0n) is 13.8. The van der Waals surface area contributed by atoms with E-state index >= 15 is 0 Å². The average molecular weight is 451 g/mol. The molecular weight excluding hydrogens is 430 g/mol. The fraction of sp³-hybridized carbons (Fsp3) is 0.625. The Morgan fingerprint density at radius 3 is 2.44 bits per heavy atom. The van der Waals surface area contributed by atoms with Gasteiger partial charge in [0.2, 0.25) is 15.9 Å². The number of hydrogen-bond acceptors (Lipinski definition) is 4. The van der Waals surface area contributed by atoms with Crippen molar-refractivity contribution in [2.24, 2.45) is 5.92 Å². The van der Waals surface area contributed by atoms with Gasteiger partial charge in [-0.15, -0.1) is 0 Å². The van der Waals surface area contributed by atoms with Crippen molar-refractivity contribution in [1.82, 2.24) is 14.2 Å². The van der Waals surface area contributed by atoms with Crippen LogP contribution in [-0.4, -0.2) is 54.7 Å². The van der Waals surface area contributed by atoms with E-state index in [9.17, 15) is 13.2 Å². The van der Waals surface area contributed by atoms with Gasteiger partial charge in [0.15, 0.2) is 0 Å². The molecule has 0 radical (unpaired) electrons. The van der Waals surface area contributed by atoms with Crippen LogP contribution in [0.15, 0.2) is 21.6 Å². The fourth-order valence-corrected chi connectivity index (χ4v) is 5.82. The summed E-state index contributed by atoms with van der Waals surface area (Å²) in [5.74, 6) is 0.291. The van der Waals surface area contributed by atoms with E-state index in [0.717, 1.165) is 25.7 Å². The molecule has 6 nitrogen and oxygen atoms in total. The summed E-state index contributed by atoms with van der Waals surface area (Å²) in [6, 6.07) is 1.46. The highest BCUT2D eigenvalue weighted by atomic mass is 79.9. The largest absolute Gasteiger partial charge is 0.340 e. The molecule has 0 unspecified atom stereocenters. The number of rotatable bonds is 3. The summed E-state index contributed by atoms with van der Waals surface area (Å²) < 4.78 is 27.6. The third-order valence-corrected chi connectivity index (χ3v) is 7.65. The molecule has 2 fully saturated rings. The maximum Gasteiger partial charge on any atom is 0.246 e. The van der Waals surface area contributed by atoms with Gasteiger partial charge in [-0.05, 0) is 34.8 Å². The Bertz CT molecular complexity index is 745. The van der Waals surface area contributed by atoms with Crippen molar-refractivity contribution in [3.8, 4) is 0 Å². The minimum atomic E-state index is -3.72. The summed E-state index contributed by atoms with van der Waals surface area (Å²) in [4.78, 5) is 18.3. The first-order chi connectivity index (χ1) is 11.9.